The van der Waals surface area contributed by atoms with Crippen LogP contribution in [-0.4, -0.2) is 75.4 Å². The summed E-state index contributed by atoms with van der Waals surface area (Å²) in [6, 6.07) is 8.99. The normalized spacial score (nSPS) is 35.8. The van der Waals surface area contributed by atoms with Crippen molar-refractivity contribution in [3.8, 4) is 5.75 Å². The van der Waals surface area contributed by atoms with Crippen LogP contribution in [0.5, 0.6) is 5.75 Å². The Labute approximate surface area is 262 Å². The van der Waals surface area contributed by atoms with Gasteiger partial charge in [0.2, 0.25) is 0 Å². The van der Waals surface area contributed by atoms with E-state index in [1.165, 1.54) is 48.4 Å². The Morgan fingerprint density at radius 3 is 2.64 bits per heavy atom. The number of hydrogen-bond donors (Lipinski definition) is 1. The third-order valence-corrected chi connectivity index (χ3v) is 11.8. The zero-order valence-electron chi connectivity index (χ0n) is 26.5. The fraction of sp³-hybridized carbons (Fsp3) is 0.553. The summed E-state index contributed by atoms with van der Waals surface area (Å²) in [6.07, 6.45) is 25.1. The van der Waals surface area contributed by atoms with Gasteiger partial charge in [-0.2, -0.15) is 0 Å². The van der Waals surface area contributed by atoms with Gasteiger partial charge < -0.3 is 19.3 Å². The molecule has 3 bridgehead atoms. The molecule has 6 heteroatoms. The molecule has 6 heterocycles. The first-order valence-electron chi connectivity index (χ1n) is 17.2. The van der Waals surface area contributed by atoms with Crippen LogP contribution in [0.1, 0.15) is 69.9 Å². The van der Waals surface area contributed by atoms with Crippen LogP contribution in [0.25, 0.3) is 27.4 Å². The molecule has 6 atom stereocenters. The molecule has 1 spiro atoms. The van der Waals surface area contributed by atoms with E-state index in [1.807, 2.05) is 6.20 Å². The number of nitrogens with zero attached hydrogens (tertiary/aromatic N) is 4. The molecule has 0 amide bonds. The van der Waals surface area contributed by atoms with Gasteiger partial charge in [-0.3, -0.25) is 9.88 Å². The molecular weight excluding hydrogens is 544 g/mol. The number of benzene rings is 1. The molecule has 1 aliphatic carbocycles. The van der Waals surface area contributed by atoms with E-state index in [9.17, 15) is 5.11 Å². The Morgan fingerprint density at radius 2 is 1.75 bits per heavy atom. The summed E-state index contributed by atoms with van der Waals surface area (Å²) < 4.78 is 8.14. The first-order valence-corrected chi connectivity index (χ1v) is 17.2. The third-order valence-electron chi connectivity index (χ3n) is 11.8. The molecule has 2 aromatic heterocycles. The fourth-order valence-corrected chi connectivity index (χ4v) is 10.2. The highest BCUT2D eigenvalue weighted by Crippen LogP contribution is 2.62. The number of aromatic nitrogens is 2. The second-order valence-electron chi connectivity index (χ2n) is 14.3. The molecule has 0 saturated carbocycles. The summed E-state index contributed by atoms with van der Waals surface area (Å²) in [4.78, 5) is 10.7. The van der Waals surface area contributed by atoms with Crippen molar-refractivity contribution in [2.45, 2.75) is 81.9 Å². The van der Waals surface area contributed by atoms with Crippen LogP contribution >= 0.6 is 0 Å². The van der Waals surface area contributed by atoms with E-state index >= 15 is 0 Å². The van der Waals surface area contributed by atoms with Crippen LogP contribution in [-0.2, 0) is 7.05 Å². The van der Waals surface area contributed by atoms with Crippen LogP contribution in [0, 0.1) is 11.3 Å². The van der Waals surface area contributed by atoms with E-state index in [0.717, 1.165) is 80.8 Å². The topological polar surface area (TPSA) is 53.8 Å². The van der Waals surface area contributed by atoms with Crippen LogP contribution in [0.4, 0.5) is 0 Å². The third kappa shape index (κ3) is 4.35. The minimum absolute atomic E-state index is 0.0275. The molecule has 2 fully saturated rings. The quantitative estimate of drug-likeness (QED) is 0.329. The fourth-order valence-electron chi connectivity index (χ4n) is 10.2. The van der Waals surface area contributed by atoms with E-state index in [2.05, 4.69) is 76.1 Å². The highest BCUT2D eigenvalue weighted by atomic mass is 16.5. The standard InChI is InChI=1S/C38H48N4O2/c1-40-34-28(15-13-16-32(34)44-2)29-17-20-39-33(35(29)40)30-25-38(43)19-10-6-3-4-7-11-21-41-23-18-31(30)37(26-41)24-27-14-9-5-8-12-22-42(27)36(37)38/h3,6,9,13-17,20,25,27,31,36,43H,4-5,7-8,10-12,18-19,21-24,26H2,1-2H3/b6-3-,14-9-/t27-,31-,36+,37-,38-/m0/s1. The molecule has 232 valence electrons. The number of aliphatic hydroxyl groups is 1. The van der Waals surface area contributed by atoms with Gasteiger partial charge >= 0.3 is 0 Å². The lowest BCUT2D eigenvalue weighted by Gasteiger charge is -2.58. The summed E-state index contributed by atoms with van der Waals surface area (Å²) in [5.41, 5.74) is 3.62. The number of piperidine rings is 1. The van der Waals surface area contributed by atoms with E-state index in [1.54, 1.807) is 7.11 Å². The van der Waals surface area contributed by atoms with Crippen molar-refractivity contribution in [1.82, 2.24) is 19.4 Å². The molecule has 4 aliphatic heterocycles. The average molecular weight is 593 g/mol. The molecule has 5 aliphatic rings. The van der Waals surface area contributed by atoms with Crippen molar-refractivity contribution >= 4 is 27.4 Å². The lowest BCUT2D eigenvalue weighted by atomic mass is 9.54. The molecule has 2 saturated heterocycles. The number of aryl methyl sites for hydroxylation is 1. The van der Waals surface area contributed by atoms with Gasteiger partial charge in [0.15, 0.2) is 0 Å². The van der Waals surface area contributed by atoms with Gasteiger partial charge in [-0.15, -0.1) is 0 Å². The minimum Gasteiger partial charge on any atom is -0.495 e. The Morgan fingerprint density at radius 1 is 0.932 bits per heavy atom. The number of allylic oxidation sites excluding steroid dienone is 4. The largest absolute Gasteiger partial charge is 0.495 e. The zero-order valence-corrected chi connectivity index (χ0v) is 26.5. The lowest BCUT2D eigenvalue weighted by molar-refractivity contribution is -0.0894. The van der Waals surface area contributed by atoms with Crippen LogP contribution in [0.15, 0.2) is 60.8 Å². The Hall–Kier alpha value is -2.93. The summed E-state index contributed by atoms with van der Waals surface area (Å²) in [7, 11) is 3.91. The van der Waals surface area contributed by atoms with Gasteiger partial charge in [-0.1, -0.05) is 36.4 Å². The van der Waals surface area contributed by atoms with Crippen LogP contribution < -0.4 is 4.74 Å². The number of ether oxygens (including phenoxy) is 1. The lowest BCUT2D eigenvalue weighted by Crippen LogP contribution is -2.65. The van der Waals surface area contributed by atoms with Crippen molar-refractivity contribution in [2.75, 3.05) is 33.3 Å². The SMILES string of the molecule is COc1cccc2c3ccnc(C4=C[C@@]5(O)CC/C=C\CCCCN6CC[C@@H]4[C@]4(C[C@@H]7/C=C\CCCCN7[C@H]45)C6)c3n(C)c12. The molecule has 44 heavy (non-hydrogen) atoms. The number of pyridine rings is 1. The van der Waals surface area contributed by atoms with Gasteiger partial charge in [-0.05, 0) is 114 Å². The summed E-state index contributed by atoms with van der Waals surface area (Å²) in [6.45, 7) is 4.41. The zero-order chi connectivity index (χ0) is 29.9. The molecule has 8 rings (SSSR count). The predicted molar refractivity (Wildman–Crippen MR) is 179 cm³/mol. The maximum Gasteiger partial charge on any atom is 0.143 e. The van der Waals surface area contributed by atoms with Crippen molar-refractivity contribution in [3.05, 3.63) is 66.5 Å². The molecule has 1 aromatic carbocycles. The second kappa shape index (κ2) is 11.1. The monoisotopic (exact) mass is 592 g/mol. The van der Waals surface area contributed by atoms with Gasteiger partial charge in [0.1, 0.15) is 5.75 Å². The molecule has 1 unspecified atom stereocenters. The highest BCUT2D eigenvalue weighted by molar-refractivity contribution is 6.12. The number of hydrogen-bond acceptors (Lipinski definition) is 5. The first-order chi connectivity index (χ1) is 21.5. The smallest absolute Gasteiger partial charge is 0.143 e. The van der Waals surface area contributed by atoms with E-state index in [0.29, 0.717) is 12.0 Å². The van der Waals surface area contributed by atoms with Gasteiger partial charge in [0.25, 0.3) is 0 Å². The molecule has 1 N–H and O–H groups in total. The van der Waals surface area contributed by atoms with Crippen LogP contribution in [0.3, 0.4) is 0 Å². The summed E-state index contributed by atoms with van der Waals surface area (Å²) >= 11 is 0. The molecule has 0 radical (unpaired) electrons. The Kier molecular flexibility index (Phi) is 7.23. The number of para-hydroxylation sites is 1. The number of methoxy groups -OCH3 is 1. The Balaban J connectivity index is 1.37. The van der Waals surface area contributed by atoms with Crippen molar-refractivity contribution in [2.24, 2.45) is 18.4 Å². The van der Waals surface area contributed by atoms with E-state index in [-0.39, 0.29) is 11.5 Å². The van der Waals surface area contributed by atoms with Crippen molar-refractivity contribution < 1.29 is 9.84 Å². The van der Waals surface area contributed by atoms with Crippen molar-refractivity contribution in [1.29, 1.82) is 0 Å². The summed E-state index contributed by atoms with van der Waals surface area (Å²) in [5, 5.41) is 15.6. The summed E-state index contributed by atoms with van der Waals surface area (Å²) in [5.74, 6) is 1.24. The first kappa shape index (κ1) is 28.5. The van der Waals surface area contributed by atoms with Gasteiger partial charge in [-0.25, -0.2) is 0 Å². The highest BCUT2D eigenvalue weighted by Gasteiger charge is 2.65. The van der Waals surface area contributed by atoms with Crippen LogP contribution in [0.2, 0.25) is 0 Å². The van der Waals surface area contributed by atoms with E-state index < -0.39 is 5.60 Å². The maximum absolute atomic E-state index is 13.2. The van der Waals surface area contributed by atoms with Crippen molar-refractivity contribution in [3.63, 3.8) is 0 Å². The predicted octanol–water partition coefficient (Wildman–Crippen LogP) is 6.87. The van der Waals surface area contributed by atoms with Gasteiger partial charge in [0, 0.05) is 42.0 Å². The molecule has 6 nitrogen and oxygen atoms in total. The molecule has 3 aromatic rings. The van der Waals surface area contributed by atoms with Gasteiger partial charge in [0.05, 0.1) is 35.5 Å². The van der Waals surface area contributed by atoms with E-state index in [4.69, 9.17) is 9.72 Å². The number of fused-ring (bicyclic) bond motifs is 5. The number of rotatable bonds is 2. The molecular formula is C38H48N4O2. The average Bonchev–Trinajstić information content (AvgIpc) is 3.49. The minimum atomic E-state index is -0.929. The Bertz CT molecular complexity index is 1650. The second-order valence-corrected chi connectivity index (χ2v) is 14.3. The maximum atomic E-state index is 13.2.